The maximum Gasteiger partial charge on any atom is 0.146 e. The molecule has 0 aliphatic carbocycles. The van der Waals surface area contributed by atoms with Crippen LogP contribution in [0.25, 0.3) is 5.69 Å². The van der Waals surface area contributed by atoms with E-state index in [1.165, 1.54) is 0 Å². The number of aromatic nitrogens is 2. The van der Waals surface area contributed by atoms with E-state index in [9.17, 15) is 0 Å². The van der Waals surface area contributed by atoms with Gasteiger partial charge in [0.05, 0.1) is 11.4 Å². The van der Waals surface area contributed by atoms with Crippen molar-refractivity contribution in [2.45, 2.75) is 6.92 Å². The Hall–Kier alpha value is -1.00. The number of anilines is 1. The van der Waals surface area contributed by atoms with E-state index in [2.05, 4.69) is 21.0 Å². The van der Waals surface area contributed by atoms with Crippen molar-refractivity contribution in [3.05, 3.63) is 39.5 Å². The van der Waals surface area contributed by atoms with Crippen molar-refractivity contribution in [1.82, 2.24) is 9.78 Å². The molecule has 2 N–H and O–H groups in total. The van der Waals surface area contributed by atoms with Gasteiger partial charge in [0, 0.05) is 4.47 Å². The van der Waals surface area contributed by atoms with Crippen LogP contribution >= 0.6 is 27.5 Å². The van der Waals surface area contributed by atoms with E-state index in [-0.39, 0.29) is 0 Å². The van der Waals surface area contributed by atoms with E-state index in [0.29, 0.717) is 10.8 Å². The molecule has 0 aliphatic heterocycles. The van der Waals surface area contributed by atoms with Gasteiger partial charge < -0.3 is 5.73 Å². The van der Waals surface area contributed by atoms with Crippen LogP contribution in [0.3, 0.4) is 0 Å². The van der Waals surface area contributed by atoms with Gasteiger partial charge in [-0.25, -0.2) is 4.68 Å². The lowest BCUT2D eigenvalue weighted by Crippen LogP contribution is -2.01. The first-order chi connectivity index (χ1) is 7.09. The minimum absolute atomic E-state index is 0.465. The monoisotopic (exact) mass is 285 g/mol. The van der Waals surface area contributed by atoms with Crippen LogP contribution in [0.2, 0.25) is 5.02 Å². The first kappa shape index (κ1) is 10.5. The summed E-state index contributed by atoms with van der Waals surface area (Å²) in [4.78, 5) is 0. The van der Waals surface area contributed by atoms with E-state index >= 15 is 0 Å². The highest BCUT2D eigenvalue weighted by atomic mass is 79.9. The number of nitrogens with zero attached hydrogens (tertiary/aromatic N) is 2. The molecule has 15 heavy (non-hydrogen) atoms. The average molecular weight is 287 g/mol. The van der Waals surface area contributed by atoms with Crippen LogP contribution in [0.4, 0.5) is 5.82 Å². The number of nitrogen functional groups attached to an aromatic ring is 1. The average Bonchev–Trinajstić information content (AvgIpc) is 2.46. The number of aryl methyl sites for hydroxylation is 1. The Morgan fingerprint density at radius 1 is 1.47 bits per heavy atom. The molecule has 0 amide bonds. The SMILES string of the molecule is Cc1nn(-c2cccc(Br)c2)c(N)c1Cl. The van der Waals surface area contributed by atoms with Crippen LogP contribution < -0.4 is 5.73 Å². The zero-order chi connectivity index (χ0) is 11.0. The molecule has 0 aliphatic rings. The van der Waals surface area contributed by atoms with Crippen molar-refractivity contribution in [2.75, 3.05) is 5.73 Å². The van der Waals surface area contributed by atoms with Gasteiger partial charge in [0.15, 0.2) is 0 Å². The lowest BCUT2D eigenvalue weighted by molar-refractivity contribution is 0.871. The van der Waals surface area contributed by atoms with Gasteiger partial charge in [0.2, 0.25) is 0 Å². The molecule has 3 nitrogen and oxygen atoms in total. The molecule has 0 fully saturated rings. The molecule has 0 unspecified atom stereocenters. The fourth-order valence-corrected chi connectivity index (χ4v) is 1.84. The predicted molar refractivity (Wildman–Crippen MR) is 65.4 cm³/mol. The summed E-state index contributed by atoms with van der Waals surface area (Å²) in [5.41, 5.74) is 7.46. The third kappa shape index (κ3) is 1.87. The molecule has 1 aromatic heterocycles. The van der Waals surface area contributed by atoms with Crippen molar-refractivity contribution in [3.63, 3.8) is 0 Å². The van der Waals surface area contributed by atoms with Crippen molar-refractivity contribution in [3.8, 4) is 5.69 Å². The summed E-state index contributed by atoms with van der Waals surface area (Å²) in [6.07, 6.45) is 0. The lowest BCUT2D eigenvalue weighted by atomic mass is 10.3. The van der Waals surface area contributed by atoms with Crippen molar-refractivity contribution in [2.24, 2.45) is 0 Å². The maximum absolute atomic E-state index is 5.97. The van der Waals surface area contributed by atoms with E-state index in [4.69, 9.17) is 17.3 Å². The molecule has 5 heteroatoms. The molecule has 0 atom stereocenters. The third-order valence-electron chi connectivity index (χ3n) is 2.07. The number of hydrogen-bond donors (Lipinski definition) is 1. The first-order valence-electron chi connectivity index (χ1n) is 4.36. The van der Waals surface area contributed by atoms with Gasteiger partial charge in [0.1, 0.15) is 10.8 Å². The Bertz CT molecular complexity index is 507. The molecule has 0 bridgehead atoms. The molecule has 0 saturated carbocycles. The summed E-state index contributed by atoms with van der Waals surface area (Å²) < 4.78 is 2.60. The second kappa shape index (κ2) is 3.87. The standard InChI is InChI=1S/C10H9BrClN3/c1-6-9(12)10(13)15(14-6)8-4-2-3-7(11)5-8/h2-5H,13H2,1H3. The van der Waals surface area contributed by atoms with E-state index in [0.717, 1.165) is 15.9 Å². The van der Waals surface area contributed by atoms with Gasteiger partial charge in [-0.2, -0.15) is 5.10 Å². The Morgan fingerprint density at radius 2 is 2.20 bits per heavy atom. The summed E-state index contributed by atoms with van der Waals surface area (Å²) in [5.74, 6) is 0.465. The molecule has 0 saturated heterocycles. The van der Waals surface area contributed by atoms with Crippen LogP contribution in [-0.4, -0.2) is 9.78 Å². The lowest BCUT2D eigenvalue weighted by Gasteiger charge is -2.03. The zero-order valence-electron chi connectivity index (χ0n) is 8.04. The first-order valence-corrected chi connectivity index (χ1v) is 5.53. The molecule has 1 aromatic carbocycles. The second-order valence-corrected chi connectivity index (χ2v) is 4.47. The summed E-state index contributed by atoms with van der Waals surface area (Å²) >= 11 is 9.36. The number of nitrogens with two attached hydrogens (primary N) is 1. The largest absolute Gasteiger partial charge is 0.382 e. The fourth-order valence-electron chi connectivity index (χ4n) is 1.33. The summed E-state index contributed by atoms with van der Waals surface area (Å²) in [6.45, 7) is 1.83. The molecule has 0 radical (unpaired) electrons. The van der Waals surface area contributed by atoms with Crippen LogP contribution in [0.5, 0.6) is 0 Å². The van der Waals surface area contributed by atoms with Crippen LogP contribution in [0.1, 0.15) is 5.69 Å². The number of rotatable bonds is 1. The highest BCUT2D eigenvalue weighted by molar-refractivity contribution is 9.10. The van der Waals surface area contributed by atoms with E-state index in [1.807, 2.05) is 31.2 Å². The van der Waals surface area contributed by atoms with Gasteiger partial charge in [-0.1, -0.05) is 33.6 Å². The quantitative estimate of drug-likeness (QED) is 0.875. The van der Waals surface area contributed by atoms with Gasteiger partial charge >= 0.3 is 0 Å². The van der Waals surface area contributed by atoms with Crippen LogP contribution in [0.15, 0.2) is 28.7 Å². The highest BCUT2D eigenvalue weighted by Crippen LogP contribution is 2.26. The Labute approximate surface area is 101 Å². The molecule has 0 spiro atoms. The second-order valence-electron chi connectivity index (χ2n) is 3.18. The minimum atomic E-state index is 0.465. The summed E-state index contributed by atoms with van der Waals surface area (Å²) in [5, 5.41) is 4.77. The molecular formula is C10H9BrClN3. The highest BCUT2D eigenvalue weighted by Gasteiger charge is 2.11. The van der Waals surface area contributed by atoms with Crippen molar-refractivity contribution >= 4 is 33.3 Å². The Balaban J connectivity index is 2.59. The van der Waals surface area contributed by atoms with Crippen molar-refractivity contribution in [1.29, 1.82) is 0 Å². The Morgan fingerprint density at radius 3 is 2.73 bits per heavy atom. The Kier molecular flexibility index (Phi) is 2.71. The maximum atomic E-state index is 5.97. The zero-order valence-corrected chi connectivity index (χ0v) is 10.4. The fraction of sp³-hybridized carbons (Fsp3) is 0.100. The van der Waals surface area contributed by atoms with Gasteiger partial charge in [-0.05, 0) is 25.1 Å². The van der Waals surface area contributed by atoms with E-state index in [1.54, 1.807) is 4.68 Å². The van der Waals surface area contributed by atoms with Crippen molar-refractivity contribution < 1.29 is 0 Å². The molecule has 1 heterocycles. The van der Waals surface area contributed by atoms with E-state index < -0.39 is 0 Å². The number of benzene rings is 1. The van der Waals surface area contributed by atoms with Crippen LogP contribution in [0, 0.1) is 6.92 Å². The predicted octanol–water partition coefficient (Wildman–Crippen LogP) is 3.18. The number of hydrogen-bond acceptors (Lipinski definition) is 2. The minimum Gasteiger partial charge on any atom is -0.382 e. The van der Waals surface area contributed by atoms with Gasteiger partial charge in [-0.15, -0.1) is 0 Å². The molecule has 78 valence electrons. The third-order valence-corrected chi connectivity index (χ3v) is 3.03. The van der Waals surface area contributed by atoms with Crippen LogP contribution in [-0.2, 0) is 0 Å². The molecular weight excluding hydrogens is 277 g/mol. The smallest absolute Gasteiger partial charge is 0.146 e. The number of halogens is 2. The van der Waals surface area contributed by atoms with Gasteiger partial charge in [0.25, 0.3) is 0 Å². The molecule has 2 aromatic rings. The summed E-state index contributed by atoms with van der Waals surface area (Å²) in [7, 11) is 0. The molecule has 2 rings (SSSR count). The van der Waals surface area contributed by atoms with Gasteiger partial charge in [-0.3, -0.25) is 0 Å². The topological polar surface area (TPSA) is 43.8 Å². The summed E-state index contributed by atoms with van der Waals surface area (Å²) in [6, 6.07) is 7.71. The normalized spacial score (nSPS) is 10.6.